The van der Waals surface area contributed by atoms with Crippen LogP contribution in [0.15, 0.2) is 60.7 Å². The first-order chi connectivity index (χ1) is 12.2. The fourth-order valence-electron chi connectivity index (χ4n) is 2.66. The van der Waals surface area contributed by atoms with E-state index in [1.54, 1.807) is 16.8 Å². The van der Waals surface area contributed by atoms with E-state index in [2.05, 4.69) is 15.7 Å². The van der Waals surface area contributed by atoms with Gasteiger partial charge in [-0.3, -0.25) is 5.32 Å². The molecule has 1 saturated carbocycles. The maximum absolute atomic E-state index is 12.3. The Kier molecular flexibility index (Phi) is 3.85. The van der Waals surface area contributed by atoms with Gasteiger partial charge in [0.25, 0.3) is 0 Å². The van der Waals surface area contributed by atoms with Gasteiger partial charge >= 0.3 is 6.03 Å². The first-order valence-electron chi connectivity index (χ1n) is 8.21. The monoisotopic (exact) mass is 334 g/mol. The number of anilines is 2. The number of hydrogen-bond acceptors (Lipinski definition) is 3. The number of urea groups is 1. The van der Waals surface area contributed by atoms with Crippen LogP contribution in [0, 0.1) is 0 Å². The lowest BCUT2D eigenvalue weighted by molar-refractivity contribution is 0.262. The van der Waals surface area contributed by atoms with Crippen LogP contribution in [0.25, 0.3) is 5.69 Å². The zero-order chi connectivity index (χ0) is 17.2. The number of aromatic hydroxyl groups is 1. The standard InChI is InChI=1S/C19H18N4O2/c24-16-10-8-14(9-11-16)20-19(25)21-18-12-17(13-6-7-13)22-23(18)15-4-2-1-3-5-15/h1-5,8-13,24H,6-7H2,(H2,20,21,25). The number of aromatic nitrogens is 2. The van der Waals surface area contributed by atoms with Crippen LogP contribution < -0.4 is 10.6 Å². The summed E-state index contributed by atoms with van der Waals surface area (Å²) >= 11 is 0. The first kappa shape index (κ1) is 15.3. The smallest absolute Gasteiger partial charge is 0.324 e. The summed E-state index contributed by atoms with van der Waals surface area (Å²) < 4.78 is 1.75. The van der Waals surface area contributed by atoms with E-state index in [0.29, 0.717) is 17.4 Å². The van der Waals surface area contributed by atoms with Gasteiger partial charge in [0.2, 0.25) is 0 Å². The van der Waals surface area contributed by atoms with Crippen molar-refractivity contribution in [1.29, 1.82) is 0 Å². The van der Waals surface area contributed by atoms with Gasteiger partial charge in [0.1, 0.15) is 11.6 Å². The predicted molar refractivity (Wildman–Crippen MR) is 96.3 cm³/mol. The molecule has 1 heterocycles. The summed E-state index contributed by atoms with van der Waals surface area (Å²) in [5.41, 5.74) is 2.50. The molecule has 1 aromatic heterocycles. The van der Waals surface area contributed by atoms with E-state index in [-0.39, 0.29) is 11.8 Å². The summed E-state index contributed by atoms with van der Waals surface area (Å²) in [4.78, 5) is 12.3. The van der Waals surface area contributed by atoms with Crippen LogP contribution in [0.3, 0.4) is 0 Å². The molecule has 0 unspecified atom stereocenters. The van der Waals surface area contributed by atoms with Crippen molar-refractivity contribution in [3.63, 3.8) is 0 Å². The molecule has 3 aromatic rings. The van der Waals surface area contributed by atoms with Crippen molar-refractivity contribution in [2.24, 2.45) is 0 Å². The molecule has 0 atom stereocenters. The van der Waals surface area contributed by atoms with E-state index in [0.717, 1.165) is 24.2 Å². The van der Waals surface area contributed by atoms with Crippen LogP contribution in [0.1, 0.15) is 24.5 Å². The van der Waals surface area contributed by atoms with Gasteiger partial charge in [0.05, 0.1) is 11.4 Å². The maximum atomic E-state index is 12.3. The molecule has 6 nitrogen and oxygen atoms in total. The molecule has 0 spiro atoms. The molecule has 4 rings (SSSR count). The van der Waals surface area contributed by atoms with Crippen molar-refractivity contribution in [2.75, 3.05) is 10.6 Å². The number of para-hydroxylation sites is 1. The molecule has 6 heteroatoms. The molecule has 0 radical (unpaired) electrons. The Labute approximate surface area is 145 Å². The van der Waals surface area contributed by atoms with Gasteiger partial charge in [-0.15, -0.1) is 0 Å². The minimum Gasteiger partial charge on any atom is -0.508 e. The van der Waals surface area contributed by atoms with Crippen LogP contribution in [0.4, 0.5) is 16.3 Å². The van der Waals surface area contributed by atoms with Crippen molar-refractivity contribution in [2.45, 2.75) is 18.8 Å². The third kappa shape index (κ3) is 3.47. The van der Waals surface area contributed by atoms with Crippen LogP contribution in [0.5, 0.6) is 5.75 Å². The van der Waals surface area contributed by atoms with E-state index >= 15 is 0 Å². The van der Waals surface area contributed by atoms with E-state index in [1.807, 2.05) is 36.4 Å². The molecule has 1 aliphatic carbocycles. The number of phenolic OH excluding ortho intramolecular Hbond substituents is 1. The summed E-state index contributed by atoms with van der Waals surface area (Å²) in [7, 11) is 0. The van der Waals surface area contributed by atoms with Crippen molar-refractivity contribution >= 4 is 17.5 Å². The SMILES string of the molecule is O=C(Nc1ccc(O)cc1)Nc1cc(C2CC2)nn1-c1ccccc1. The first-order valence-corrected chi connectivity index (χ1v) is 8.21. The highest BCUT2D eigenvalue weighted by molar-refractivity contribution is 5.99. The van der Waals surface area contributed by atoms with Crippen LogP contribution >= 0.6 is 0 Å². The topological polar surface area (TPSA) is 79.2 Å². The lowest BCUT2D eigenvalue weighted by Crippen LogP contribution is -2.21. The largest absolute Gasteiger partial charge is 0.508 e. The molecular weight excluding hydrogens is 316 g/mol. The number of benzene rings is 2. The minimum atomic E-state index is -0.356. The summed E-state index contributed by atoms with van der Waals surface area (Å²) in [6, 6.07) is 17.6. The highest BCUT2D eigenvalue weighted by Gasteiger charge is 2.28. The van der Waals surface area contributed by atoms with Gasteiger partial charge in [0.15, 0.2) is 0 Å². The van der Waals surface area contributed by atoms with E-state index in [9.17, 15) is 9.90 Å². The van der Waals surface area contributed by atoms with Gasteiger partial charge in [-0.1, -0.05) is 18.2 Å². The molecule has 3 N–H and O–H groups in total. The fourth-order valence-corrected chi connectivity index (χ4v) is 2.66. The zero-order valence-corrected chi connectivity index (χ0v) is 13.5. The van der Waals surface area contributed by atoms with E-state index < -0.39 is 0 Å². The Hall–Kier alpha value is -3.28. The summed E-state index contributed by atoms with van der Waals surface area (Å²) in [6.45, 7) is 0. The number of phenols is 1. The normalized spacial score (nSPS) is 13.4. The molecular formula is C19H18N4O2. The number of nitrogens with one attached hydrogen (secondary N) is 2. The Morgan fingerprint density at radius 1 is 1.04 bits per heavy atom. The minimum absolute atomic E-state index is 0.155. The summed E-state index contributed by atoms with van der Waals surface area (Å²) in [5.74, 6) is 1.28. The van der Waals surface area contributed by atoms with Gasteiger partial charge in [-0.2, -0.15) is 5.10 Å². The molecule has 126 valence electrons. The Morgan fingerprint density at radius 2 is 1.76 bits per heavy atom. The molecule has 0 saturated heterocycles. The number of carbonyl (C=O) groups is 1. The van der Waals surface area contributed by atoms with Crippen LogP contribution in [-0.2, 0) is 0 Å². The second kappa shape index (κ2) is 6.32. The number of hydrogen-bond donors (Lipinski definition) is 3. The lowest BCUT2D eigenvalue weighted by Gasteiger charge is -2.10. The van der Waals surface area contributed by atoms with Crippen molar-refractivity contribution < 1.29 is 9.90 Å². The van der Waals surface area contributed by atoms with Crippen molar-refractivity contribution in [3.05, 3.63) is 66.4 Å². The summed E-state index contributed by atoms with van der Waals surface area (Å²) in [5, 5.41) is 19.6. The second-order valence-electron chi connectivity index (χ2n) is 6.10. The zero-order valence-electron chi connectivity index (χ0n) is 13.5. The third-order valence-electron chi connectivity index (χ3n) is 4.09. The van der Waals surface area contributed by atoms with Gasteiger partial charge in [-0.25, -0.2) is 9.48 Å². The molecule has 0 bridgehead atoms. The average Bonchev–Trinajstić information content (AvgIpc) is 3.39. The highest BCUT2D eigenvalue weighted by Crippen LogP contribution is 2.40. The Bertz CT molecular complexity index is 884. The highest BCUT2D eigenvalue weighted by atomic mass is 16.3. The number of nitrogens with zero attached hydrogens (tertiary/aromatic N) is 2. The second-order valence-corrected chi connectivity index (χ2v) is 6.10. The number of amides is 2. The Morgan fingerprint density at radius 3 is 2.44 bits per heavy atom. The van der Waals surface area contributed by atoms with E-state index in [4.69, 9.17) is 0 Å². The molecule has 2 amide bonds. The van der Waals surface area contributed by atoms with Crippen LogP contribution in [0.2, 0.25) is 0 Å². The van der Waals surface area contributed by atoms with Gasteiger partial charge in [0, 0.05) is 17.7 Å². The maximum Gasteiger partial charge on any atom is 0.324 e. The molecule has 1 fully saturated rings. The lowest BCUT2D eigenvalue weighted by atomic mass is 10.3. The Balaban J connectivity index is 1.56. The molecule has 0 aliphatic heterocycles. The fraction of sp³-hybridized carbons (Fsp3) is 0.158. The molecule has 25 heavy (non-hydrogen) atoms. The van der Waals surface area contributed by atoms with Gasteiger partial charge < -0.3 is 10.4 Å². The van der Waals surface area contributed by atoms with Crippen molar-refractivity contribution in [3.8, 4) is 11.4 Å². The third-order valence-corrected chi connectivity index (χ3v) is 4.09. The van der Waals surface area contributed by atoms with Gasteiger partial charge in [-0.05, 0) is 49.2 Å². The summed E-state index contributed by atoms with van der Waals surface area (Å²) in [6.07, 6.45) is 2.29. The molecule has 1 aliphatic rings. The predicted octanol–water partition coefficient (Wildman–Crippen LogP) is 4.10. The van der Waals surface area contributed by atoms with Crippen LogP contribution in [-0.4, -0.2) is 20.9 Å². The quantitative estimate of drug-likeness (QED) is 0.629. The van der Waals surface area contributed by atoms with Crippen molar-refractivity contribution in [1.82, 2.24) is 9.78 Å². The number of carbonyl (C=O) groups excluding carboxylic acids is 1. The molecule has 2 aromatic carbocycles. The average molecular weight is 334 g/mol. The number of rotatable bonds is 4. The van der Waals surface area contributed by atoms with E-state index in [1.165, 1.54) is 12.1 Å².